The Kier molecular flexibility index (Phi) is 13.3. The summed E-state index contributed by atoms with van der Waals surface area (Å²) in [6.45, 7) is 11.0. The summed E-state index contributed by atoms with van der Waals surface area (Å²) in [7, 11) is 0. The lowest BCUT2D eigenvalue weighted by molar-refractivity contribution is 0.261. The summed E-state index contributed by atoms with van der Waals surface area (Å²) in [4.78, 5) is 0. The third-order valence-electron chi connectivity index (χ3n) is 6.10. The zero-order valence-electron chi connectivity index (χ0n) is 24.4. The summed E-state index contributed by atoms with van der Waals surface area (Å²) in [6, 6.07) is 7.62. The Morgan fingerprint density at radius 3 is 0.825 bits per heavy atom. The van der Waals surface area contributed by atoms with E-state index in [0.29, 0.717) is 49.4 Å². The van der Waals surface area contributed by atoms with Crippen LogP contribution < -0.4 is 39.8 Å². The molecular weight excluding hydrogens is 496 g/mol. The Bertz CT molecular complexity index is 1390. The standard InChI is InChI=1S/C36H40O4/c1-5-9-21-37-33-25-29-17-13-14-19-31-27-35(39-23-11-7-3)36(40-24-12-8-4)28-32(31)20-16-15-18-30(29)26-34(33)38-22-10-6-2/h25-28H,5-12,21-24H2,1-4H3. The van der Waals surface area contributed by atoms with Gasteiger partial charge in [-0.1, -0.05) is 76.3 Å². The monoisotopic (exact) mass is 536 g/mol. The van der Waals surface area contributed by atoms with Crippen LogP contribution in [0.2, 0.25) is 0 Å². The van der Waals surface area contributed by atoms with Crippen LogP contribution in [0, 0.1) is 0 Å². The van der Waals surface area contributed by atoms with E-state index in [0.717, 1.165) is 72.2 Å². The number of hydrogen-bond acceptors (Lipinski definition) is 4. The summed E-state index contributed by atoms with van der Waals surface area (Å²) in [5.41, 5.74) is 24.7. The molecule has 0 saturated carbocycles. The first-order valence-electron chi connectivity index (χ1n) is 14.6. The van der Waals surface area contributed by atoms with E-state index in [1.54, 1.807) is 0 Å². The van der Waals surface area contributed by atoms with Crippen molar-refractivity contribution in [2.45, 2.75) is 79.1 Å². The molecule has 0 spiro atoms. The molecule has 0 saturated heterocycles. The van der Waals surface area contributed by atoms with Gasteiger partial charge in [-0.05, 0) is 48.6 Å². The van der Waals surface area contributed by atoms with Gasteiger partial charge in [0.2, 0.25) is 0 Å². The highest BCUT2D eigenvalue weighted by Crippen LogP contribution is 2.25. The Hall–Kier alpha value is -4.12. The largest absolute Gasteiger partial charge is 0.490 e. The molecule has 3 rings (SSSR count). The molecule has 0 bridgehead atoms. The lowest BCUT2D eigenvalue weighted by Crippen LogP contribution is -2.23. The molecule has 0 aliphatic heterocycles. The second-order valence-electron chi connectivity index (χ2n) is 9.50. The molecule has 0 N–H and O–H groups in total. The minimum Gasteiger partial charge on any atom is -0.490 e. The van der Waals surface area contributed by atoms with Gasteiger partial charge in [-0.25, -0.2) is 0 Å². The molecule has 2 aromatic rings. The maximum atomic E-state index is 6.06. The highest BCUT2D eigenvalue weighted by molar-refractivity contribution is 5.47. The van der Waals surface area contributed by atoms with Gasteiger partial charge in [0.15, 0.2) is 23.0 Å². The van der Waals surface area contributed by atoms with Crippen molar-refractivity contribution in [3.8, 4) is 23.0 Å². The van der Waals surface area contributed by atoms with Gasteiger partial charge in [-0.15, -0.1) is 0 Å². The van der Waals surface area contributed by atoms with E-state index < -0.39 is 0 Å². The van der Waals surface area contributed by atoms with Crippen molar-refractivity contribution in [1.82, 2.24) is 0 Å². The third kappa shape index (κ3) is 9.57. The topological polar surface area (TPSA) is 36.9 Å². The van der Waals surface area contributed by atoms with Crippen LogP contribution in [0.15, 0.2) is 47.2 Å². The molecule has 0 unspecified atom stereocenters. The molecule has 0 radical (unpaired) electrons. The zero-order valence-corrected chi connectivity index (χ0v) is 24.4. The smallest absolute Gasteiger partial charge is 0.162 e. The third-order valence-corrected chi connectivity index (χ3v) is 6.10. The van der Waals surface area contributed by atoms with Crippen LogP contribution in [0.5, 0.6) is 23.0 Å². The van der Waals surface area contributed by atoms with Crippen LogP contribution in [0.1, 0.15) is 79.1 Å². The number of fused-ring (bicyclic) bond motifs is 2. The van der Waals surface area contributed by atoms with E-state index in [1.807, 2.05) is 24.3 Å². The Morgan fingerprint density at radius 2 is 0.625 bits per heavy atom. The predicted molar refractivity (Wildman–Crippen MR) is 161 cm³/mol. The number of benzene rings is 2. The molecule has 4 heteroatoms. The van der Waals surface area contributed by atoms with Crippen molar-refractivity contribution in [2.24, 2.45) is 0 Å². The normalized spacial score (nSPS) is 10.7. The molecular formula is C36H40O4. The number of hydrogen-bond donors (Lipinski definition) is 0. The maximum absolute atomic E-state index is 6.06. The zero-order chi connectivity index (χ0) is 28.4. The van der Waals surface area contributed by atoms with Gasteiger partial charge in [0.05, 0.1) is 26.4 Å². The van der Waals surface area contributed by atoms with Crippen molar-refractivity contribution < 1.29 is 18.9 Å². The molecule has 0 fully saturated rings. The van der Waals surface area contributed by atoms with Crippen LogP contribution in [-0.2, 0) is 0 Å². The minimum absolute atomic E-state index is 0.618. The van der Waals surface area contributed by atoms with Gasteiger partial charge in [0.25, 0.3) is 0 Å². The molecule has 0 atom stereocenters. The van der Waals surface area contributed by atoms with E-state index in [1.165, 1.54) is 0 Å². The first kappa shape index (κ1) is 30.4. The summed E-state index contributed by atoms with van der Waals surface area (Å²) in [6.07, 6.45) is 8.07. The lowest BCUT2D eigenvalue weighted by Gasteiger charge is -2.12. The quantitative estimate of drug-likeness (QED) is 0.182. The maximum Gasteiger partial charge on any atom is 0.162 e. The van der Waals surface area contributed by atoms with Crippen LogP contribution in [0.25, 0.3) is 22.9 Å². The Morgan fingerprint density at radius 1 is 0.400 bits per heavy atom. The molecule has 40 heavy (non-hydrogen) atoms. The molecule has 0 amide bonds. The Labute approximate surface area is 238 Å². The molecule has 1 aliphatic rings. The van der Waals surface area contributed by atoms with Gasteiger partial charge < -0.3 is 18.9 Å². The van der Waals surface area contributed by atoms with Crippen molar-refractivity contribution in [2.75, 3.05) is 26.4 Å². The first-order valence-corrected chi connectivity index (χ1v) is 14.6. The van der Waals surface area contributed by atoms with Crippen LogP contribution in [-0.4, -0.2) is 26.4 Å². The predicted octanol–water partition coefficient (Wildman–Crippen LogP) is 5.37. The van der Waals surface area contributed by atoms with Gasteiger partial charge in [-0.3, -0.25) is 0 Å². The van der Waals surface area contributed by atoms with E-state index in [2.05, 4.69) is 73.5 Å². The Balaban J connectivity index is 2.27. The molecule has 4 nitrogen and oxygen atoms in total. The fourth-order valence-corrected chi connectivity index (χ4v) is 3.68. The molecule has 2 aromatic carbocycles. The van der Waals surface area contributed by atoms with Crippen molar-refractivity contribution in [1.29, 1.82) is 0 Å². The molecule has 1 aliphatic carbocycles. The van der Waals surface area contributed by atoms with Crippen molar-refractivity contribution in [3.63, 3.8) is 0 Å². The van der Waals surface area contributed by atoms with Gasteiger partial charge >= 0.3 is 0 Å². The molecule has 0 heterocycles. The van der Waals surface area contributed by atoms with E-state index in [4.69, 9.17) is 18.9 Å². The fraction of sp³-hybridized carbons (Fsp3) is 0.444. The molecule has 0 aromatic heterocycles. The van der Waals surface area contributed by atoms with Crippen molar-refractivity contribution >= 4 is 22.9 Å². The number of rotatable bonds is 16. The first-order chi connectivity index (χ1) is 19.7. The fourth-order valence-electron chi connectivity index (χ4n) is 3.68. The van der Waals surface area contributed by atoms with E-state index in [-0.39, 0.29) is 0 Å². The minimum atomic E-state index is 0.618. The summed E-state index contributed by atoms with van der Waals surface area (Å²) < 4.78 is 24.2. The highest BCUT2D eigenvalue weighted by Gasteiger charge is 2.08. The lowest BCUT2D eigenvalue weighted by atomic mass is 10.2. The van der Waals surface area contributed by atoms with Gasteiger partial charge in [-0.2, -0.15) is 0 Å². The molecule has 208 valence electrons. The van der Waals surface area contributed by atoms with Crippen LogP contribution in [0.3, 0.4) is 0 Å². The average molecular weight is 537 g/mol. The van der Waals surface area contributed by atoms with Gasteiger partial charge in [0, 0.05) is 45.1 Å². The highest BCUT2D eigenvalue weighted by atomic mass is 16.5. The second-order valence-corrected chi connectivity index (χ2v) is 9.50. The van der Waals surface area contributed by atoms with Crippen LogP contribution >= 0.6 is 0 Å². The summed E-state index contributed by atoms with van der Waals surface area (Å²) in [5, 5.41) is 2.95. The number of unbranched alkanes of at least 4 members (excludes halogenated alkanes) is 4. The second kappa shape index (κ2) is 17.5. The summed E-state index contributed by atoms with van der Waals surface area (Å²) in [5.74, 6) is 2.72. The summed E-state index contributed by atoms with van der Waals surface area (Å²) >= 11 is 0. The van der Waals surface area contributed by atoms with Gasteiger partial charge in [0.1, 0.15) is 0 Å². The van der Waals surface area contributed by atoms with E-state index >= 15 is 0 Å². The average Bonchev–Trinajstić information content (AvgIpc) is 2.95. The van der Waals surface area contributed by atoms with Crippen LogP contribution in [0.4, 0.5) is 0 Å². The SMILES string of the molecule is CCCCOc1cc2c(cc1OCCCC)=C=C=C=C=c1cc(OCCCC)c(OCCCC)cc1=C=C=C=C=2. The van der Waals surface area contributed by atoms with Crippen molar-refractivity contribution in [3.05, 3.63) is 68.1 Å². The van der Waals surface area contributed by atoms with E-state index in [9.17, 15) is 0 Å². The number of ether oxygens (including phenoxy) is 4.